The number of para-hydroxylation sites is 4. The first kappa shape index (κ1) is 21.1. The summed E-state index contributed by atoms with van der Waals surface area (Å²) in [6.07, 6.45) is 0. The average Bonchev–Trinajstić information content (AvgIpc) is 2.87. The molecule has 0 unspecified atom stereocenters. The number of carbonyl (C=O) groups excluding carboxylic acids is 1. The van der Waals surface area contributed by atoms with Crippen molar-refractivity contribution in [2.24, 2.45) is 0 Å². The number of carbonyl (C=O) groups is 1. The van der Waals surface area contributed by atoms with E-state index in [0.29, 0.717) is 30.5 Å². The van der Waals surface area contributed by atoms with E-state index in [1.807, 2.05) is 83.1 Å². The van der Waals surface area contributed by atoms with Crippen molar-refractivity contribution in [1.29, 1.82) is 0 Å². The number of benzene rings is 3. The third kappa shape index (κ3) is 3.93. The highest BCUT2D eigenvalue weighted by molar-refractivity contribution is 5.94. The number of hydrogen-bond acceptors (Lipinski definition) is 4. The van der Waals surface area contributed by atoms with Gasteiger partial charge in [0.25, 0.3) is 0 Å². The van der Waals surface area contributed by atoms with Crippen molar-refractivity contribution in [3.8, 4) is 5.75 Å². The molecular weight excluding hydrogens is 414 g/mol. The summed E-state index contributed by atoms with van der Waals surface area (Å²) in [5.74, 6) is 0.942. The molecule has 0 radical (unpaired) electrons. The lowest BCUT2D eigenvalue weighted by Crippen LogP contribution is -2.49. The molecule has 5 rings (SSSR count). The molecule has 1 amide bonds. The van der Waals surface area contributed by atoms with Crippen molar-refractivity contribution in [2.75, 3.05) is 37.7 Å². The number of pyridine rings is 1. The van der Waals surface area contributed by atoms with Crippen LogP contribution in [0.5, 0.6) is 5.75 Å². The van der Waals surface area contributed by atoms with Crippen molar-refractivity contribution in [2.45, 2.75) is 13.5 Å². The maximum atomic E-state index is 13.3. The van der Waals surface area contributed by atoms with Gasteiger partial charge >= 0.3 is 0 Å². The number of rotatable bonds is 5. The minimum absolute atomic E-state index is 0.00600. The molecule has 0 spiro atoms. The van der Waals surface area contributed by atoms with Crippen LogP contribution < -0.4 is 15.1 Å². The Hall–Kier alpha value is -3.80. The van der Waals surface area contributed by atoms with Gasteiger partial charge in [-0.1, -0.05) is 36.4 Å². The summed E-state index contributed by atoms with van der Waals surface area (Å²) < 4.78 is 7.76. The van der Waals surface area contributed by atoms with Gasteiger partial charge in [0.1, 0.15) is 12.3 Å². The lowest BCUT2D eigenvalue weighted by atomic mass is 10.1. The van der Waals surface area contributed by atoms with E-state index >= 15 is 0 Å². The van der Waals surface area contributed by atoms with Crippen molar-refractivity contribution in [3.63, 3.8) is 0 Å². The normalized spacial score (nSPS) is 14.1. The summed E-state index contributed by atoms with van der Waals surface area (Å²) in [6, 6.07) is 23.1. The Morgan fingerprint density at radius 1 is 0.818 bits per heavy atom. The smallest absolute Gasteiger partial charge is 0.242 e. The average molecular weight is 442 g/mol. The molecule has 6 nitrogen and oxygen atoms in total. The Morgan fingerprint density at radius 2 is 1.39 bits per heavy atom. The summed E-state index contributed by atoms with van der Waals surface area (Å²) in [5, 5.41) is 1.28. The third-order valence-corrected chi connectivity index (χ3v) is 6.31. The highest BCUT2D eigenvalue weighted by Crippen LogP contribution is 2.29. The predicted molar refractivity (Wildman–Crippen MR) is 132 cm³/mol. The third-order valence-electron chi connectivity index (χ3n) is 6.31. The molecule has 4 aromatic rings. The first-order valence-electron chi connectivity index (χ1n) is 11.4. The molecular formula is C27H27N3O3. The van der Waals surface area contributed by atoms with E-state index in [-0.39, 0.29) is 17.9 Å². The number of piperazine rings is 1. The van der Waals surface area contributed by atoms with Crippen LogP contribution in [-0.2, 0) is 11.3 Å². The SMILES string of the molecule is CCOc1ccccc1N1CCN(C(=O)Cn2c3ccccc3c(=O)c3ccccc32)CC1. The molecule has 0 saturated carbocycles. The zero-order chi connectivity index (χ0) is 22.8. The zero-order valence-corrected chi connectivity index (χ0v) is 18.7. The second-order valence-electron chi connectivity index (χ2n) is 8.22. The number of ether oxygens (including phenoxy) is 1. The monoisotopic (exact) mass is 441 g/mol. The van der Waals surface area contributed by atoms with Crippen LogP contribution in [0.4, 0.5) is 5.69 Å². The molecule has 1 fully saturated rings. The van der Waals surface area contributed by atoms with Crippen LogP contribution in [0.2, 0.25) is 0 Å². The number of amides is 1. The van der Waals surface area contributed by atoms with Gasteiger partial charge in [-0.25, -0.2) is 0 Å². The van der Waals surface area contributed by atoms with E-state index in [9.17, 15) is 9.59 Å². The Labute approximate surface area is 192 Å². The Kier molecular flexibility index (Phi) is 5.73. The molecule has 3 aromatic carbocycles. The number of anilines is 1. The molecule has 0 aliphatic carbocycles. The fourth-order valence-electron chi connectivity index (χ4n) is 4.68. The largest absolute Gasteiger partial charge is 0.492 e. The van der Waals surface area contributed by atoms with Crippen LogP contribution >= 0.6 is 0 Å². The first-order chi connectivity index (χ1) is 16.2. The Bertz CT molecular complexity index is 1310. The lowest BCUT2D eigenvalue weighted by Gasteiger charge is -2.37. The number of aromatic nitrogens is 1. The molecule has 33 heavy (non-hydrogen) atoms. The minimum atomic E-state index is 0.00600. The van der Waals surface area contributed by atoms with Crippen molar-refractivity contribution in [3.05, 3.63) is 83.0 Å². The topological polar surface area (TPSA) is 54.8 Å². The van der Waals surface area contributed by atoms with Crippen LogP contribution in [0.15, 0.2) is 77.6 Å². The predicted octanol–water partition coefficient (Wildman–Crippen LogP) is 3.90. The van der Waals surface area contributed by atoms with Gasteiger partial charge in [0.2, 0.25) is 5.91 Å². The van der Waals surface area contributed by atoms with E-state index in [0.717, 1.165) is 35.6 Å². The molecule has 0 N–H and O–H groups in total. The van der Waals surface area contributed by atoms with Crippen LogP contribution in [0.1, 0.15) is 6.92 Å². The first-order valence-corrected chi connectivity index (χ1v) is 11.4. The summed E-state index contributed by atoms with van der Waals surface area (Å²) in [7, 11) is 0. The summed E-state index contributed by atoms with van der Waals surface area (Å²) in [6.45, 7) is 5.61. The summed E-state index contributed by atoms with van der Waals surface area (Å²) in [5.41, 5.74) is 2.66. The number of fused-ring (bicyclic) bond motifs is 2. The fourth-order valence-corrected chi connectivity index (χ4v) is 4.68. The van der Waals surface area contributed by atoms with Gasteiger partial charge in [0.15, 0.2) is 5.43 Å². The maximum absolute atomic E-state index is 13.3. The molecule has 2 heterocycles. The standard InChI is InChI=1S/C27H27N3O3/c1-2-33-25-14-8-7-13-24(25)28-15-17-29(18-16-28)26(31)19-30-22-11-5-3-9-20(22)27(32)21-10-4-6-12-23(21)30/h3-14H,2,15-19H2,1H3. The molecule has 1 saturated heterocycles. The summed E-state index contributed by atoms with van der Waals surface area (Å²) in [4.78, 5) is 30.5. The van der Waals surface area contributed by atoms with Crippen LogP contribution in [0.3, 0.4) is 0 Å². The molecule has 0 bridgehead atoms. The zero-order valence-electron chi connectivity index (χ0n) is 18.7. The molecule has 6 heteroatoms. The molecule has 168 valence electrons. The van der Waals surface area contributed by atoms with E-state index in [4.69, 9.17) is 4.74 Å². The van der Waals surface area contributed by atoms with Crippen molar-refractivity contribution < 1.29 is 9.53 Å². The van der Waals surface area contributed by atoms with E-state index in [2.05, 4.69) is 11.0 Å². The van der Waals surface area contributed by atoms with E-state index < -0.39 is 0 Å². The molecule has 1 aromatic heterocycles. The number of hydrogen-bond donors (Lipinski definition) is 0. The van der Waals surface area contributed by atoms with E-state index in [1.54, 1.807) is 0 Å². The number of nitrogens with zero attached hydrogens (tertiary/aromatic N) is 3. The van der Waals surface area contributed by atoms with Gasteiger partial charge in [-0.3, -0.25) is 9.59 Å². The van der Waals surface area contributed by atoms with Gasteiger partial charge in [0.05, 0.1) is 23.3 Å². The molecule has 1 aliphatic rings. The van der Waals surface area contributed by atoms with Crippen LogP contribution in [0.25, 0.3) is 21.8 Å². The van der Waals surface area contributed by atoms with Gasteiger partial charge in [-0.15, -0.1) is 0 Å². The maximum Gasteiger partial charge on any atom is 0.242 e. The molecule has 1 aliphatic heterocycles. The fraction of sp³-hybridized carbons (Fsp3) is 0.259. The van der Waals surface area contributed by atoms with Crippen LogP contribution in [-0.4, -0.2) is 48.2 Å². The van der Waals surface area contributed by atoms with Gasteiger partial charge in [0, 0.05) is 37.0 Å². The van der Waals surface area contributed by atoms with E-state index in [1.165, 1.54) is 0 Å². The summed E-state index contributed by atoms with van der Waals surface area (Å²) >= 11 is 0. The second kappa shape index (κ2) is 8.98. The van der Waals surface area contributed by atoms with Crippen molar-refractivity contribution >= 4 is 33.4 Å². The highest BCUT2D eigenvalue weighted by Gasteiger charge is 2.24. The Balaban J connectivity index is 1.38. The Morgan fingerprint density at radius 3 is 2.03 bits per heavy atom. The lowest BCUT2D eigenvalue weighted by molar-refractivity contribution is -0.132. The van der Waals surface area contributed by atoms with Crippen molar-refractivity contribution in [1.82, 2.24) is 9.47 Å². The second-order valence-corrected chi connectivity index (χ2v) is 8.22. The minimum Gasteiger partial charge on any atom is -0.492 e. The van der Waals surface area contributed by atoms with Gasteiger partial charge in [-0.2, -0.15) is 0 Å². The quantitative estimate of drug-likeness (QED) is 0.441. The molecule has 0 atom stereocenters. The van der Waals surface area contributed by atoms with Crippen LogP contribution in [0, 0.1) is 0 Å². The van der Waals surface area contributed by atoms with Gasteiger partial charge in [-0.05, 0) is 43.3 Å². The van der Waals surface area contributed by atoms with Gasteiger partial charge < -0.3 is 19.1 Å². The highest BCUT2D eigenvalue weighted by atomic mass is 16.5.